The van der Waals surface area contributed by atoms with E-state index in [1.807, 2.05) is 25.3 Å². The summed E-state index contributed by atoms with van der Waals surface area (Å²) in [5.74, 6) is -2.19. The molecule has 3 rings (SSSR count). The third kappa shape index (κ3) is 3.38. The first-order valence-electron chi connectivity index (χ1n) is 10.0. The van der Waals surface area contributed by atoms with Crippen LogP contribution in [0.3, 0.4) is 0 Å². The number of aryl methyl sites for hydroxylation is 1. The molecule has 0 aromatic carbocycles. The number of rotatable bonds is 6. The minimum Gasteiger partial charge on any atom is -0.456 e. The number of ether oxygens (including phenoxy) is 1. The lowest BCUT2D eigenvalue weighted by Crippen LogP contribution is -2.44. The van der Waals surface area contributed by atoms with E-state index in [2.05, 4.69) is 0 Å². The fourth-order valence-electron chi connectivity index (χ4n) is 4.58. The van der Waals surface area contributed by atoms with Gasteiger partial charge in [0.1, 0.15) is 6.04 Å². The molecular formula is C21H28N2O5. The molecule has 1 aromatic rings. The number of esters is 1. The zero-order valence-electron chi connectivity index (χ0n) is 17.0. The van der Waals surface area contributed by atoms with Gasteiger partial charge < -0.3 is 9.30 Å². The van der Waals surface area contributed by atoms with Gasteiger partial charge in [-0.2, -0.15) is 0 Å². The molecule has 1 saturated carbocycles. The van der Waals surface area contributed by atoms with E-state index in [9.17, 15) is 19.2 Å². The van der Waals surface area contributed by atoms with Gasteiger partial charge in [0.25, 0.3) is 0 Å². The summed E-state index contributed by atoms with van der Waals surface area (Å²) in [6.45, 7) is 7.62. The molecule has 2 fully saturated rings. The molecule has 0 bridgehead atoms. The first-order chi connectivity index (χ1) is 13.3. The lowest BCUT2D eigenvalue weighted by Gasteiger charge is -2.21. The minimum absolute atomic E-state index is 0.281. The summed E-state index contributed by atoms with van der Waals surface area (Å²) in [4.78, 5) is 51.2. The van der Waals surface area contributed by atoms with Gasteiger partial charge in [0.05, 0.1) is 11.8 Å². The Kier molecular flexibility index (Phi) is 5.72. The largest absolute Gasteiger partial charge is 0.456 e. The number of aromatic nitrogens is 1. The van der Waals surface area contributed by atoms with Crippen LogP contribution in [0.2, 0.25) is 0 Å². The number of hydrogen-bond acceptors (Lipinski definition) is 5. The Labute approximate surface area is 165 Å². The molecule has 1 aliphatic heterocycles. The van der Waals surface area contributed by atoms with Crippen molar-refractivity contribution in [2.75, 3.05) is 6.61 Å². The Morgan fingerprint density at radius 3 is 2.21 bits per heavy atom. The van der Waals surface area contributed by atoms with Gasteiger partial charge in [0.2, 0.25) is 17.6 Å². The number of Topliss-reactive ketones (excluding diaryl/α,β-unsaturated/α-hetero) is 1. The number of ketones is 1. The zero-order valence-corrected chi connectivity index (χ0v) is 17.0. The second-order valence-electron chi connectivity index (χ2n) is 7.78. The zero-order chi connectivity index (χ0) is 20.6. The standard InChI is InChI=1S/C21H28N2O5/c1-5-22-12(2)10-17(13(22)3)18(24)11-28-21(27)14(4)23-19(25)15-8-6-7-9-16(15)20(23)26/h10,14-16H,5-9,11H2,1-4H3/t14-,15+,16+/m0/s1. The van der Waals surface area contributed by atoms with E-state index in [-0.39, 0.29) is 29.4 Å². The summed E-state index contributed by atoms with van der Waals surface area (Å²) in [5.41, 5.74) is 2.33. The monoisotopic (exact) mass is 388 g/mol. The van der Waals surface area contributed by atoms with Gasteiger partial charge in [-0.25, -0.2) is 4.79 Å². The lowest BCUT2D eigenvalue weighted by molar-refractivity contribution is -0.157. The van der Waals surface area contributed by atoms with Crippen LogP contribution in [0.15, 0.2) is 6.07 Å². The Morgan fingerprint density at radius 1 is 1.14 bits per heavy atom. The summed E-state index contributed by atoms with van der Waals surface area (Å²) < 4.78 is 7.19. The molecule has 2 amide bonds. The maximum Gasteiger partial charge on any atom is 0.329 e. The summed E-state index contributed by atoms with van der Waals surface area (Å²) in [7, 11) is 0. The van der Waals surface area contributed by atoms with Crippen LogP contribution < -0.4 is 0 Å². The number of nitrogens with zero attached hydrogens (tertiary/aromatic N) is 2. The van der Waals surface area contributed by atoms with E-state index in [0.717, 1.165) is 35.7 Å². The van der Waals surface area contributed by atoms with E-state index in [1.165, 1.54) is 6.92 Å². The highest BCUT2D eigenvalue weighted by Crippen LogP contribution is 2.38. The van der Waals surface area contributed by atoms with Crippen LogP contribution in [0.25, 0.3) is 0 Å². The van der Waals surface area contributed by atoms with Crippen molar-refractivity contribution in [3.05, 3.63) is 23.0 Å². The van der Waals surface area contributed by atoms with Crippen molar-refractivity contribution in [1.82, 2.24) is 9.47 Å². The summed E-state index contributed by atoms with van der Waals surface area (Å²) in [6, 6.07) is 0.776. The normalized spacial score (nSPS) is 22.9. The van der Waals surface area contributed by atoms with E-state index in [0.29, 0.717) is 18.4 Å². The van der Waals surface area contributed by atoms with Crippen molar-refractivity contribution < 1.29 is 23.9 Å². The van der Waals surface area contributed by atoms with Gasteiger partial charge in [-0.1, -0.05) is 12.8 Å². The van der Waals surface area contributed by atoms with E-state index >= 15 is 0 Å². The molecule has 2 aliphatic rings. The molecule has 7 heteroatoms. The van der Waals surface area contributed by atoms with E-state index < -0.39 is 18.6 Å². The highest BCUT2D eigenvalue weighted by molar-refractivity contribution is 6.08. The predicted octanol–water partition coefficient (Wildman–Crippen LogP) is 2.41. The number of carbonyl (C=O) groups is 4. The fraction of sp³-hybridized carbons (Fsp3) is 0.619. The summed E-state index contributed by atoms with van der Waals surface area (Å²) in [5, 5.41) is 0. The van der Waals surface area contributed by atoms with Crippen molar-refractivity contribution >= 4 is 23.6 Å². The van der Waals surface area contributed by atoms with Gasteiger partial charge in [-0.05, 0) is 46.6 Å². The average molecular weight is 388 g/mol. The topological polar surface area (TPSA) is 85.7 Å². The Hall–Kier alpha value is -2.44. The third-order valence-corrected chi connectivity index (χ3v) is 6.14. The molecule has 1 aliphatic carbocycles. The molecule has 1 aromatic heterocycles. The minimum atomic E-state index is -1.01. The molecule has 152 valence electrons. The molecular weight excluding hydrogens is 360 g/mol. The molecule has 7 nitrogen and oxygen atoms in total. The maximum absolute atomic E-state index is 12.6. The van der Waals surface area contributed by atoms with Gasteiger partial charge >= 0.3 is 5.97 Å². The highest BCUT2D eigenvalue weighted by Gasteiger charge is 2.51. The molecule has 28 heavy (non-hydrogen) atoms. The van der Waals surface area contributed by atoms with Crippen LogP contribution in [0.5, 0.6) is 0 Å². The van der Waals surface area contributed by atoms with Crippen LogP contribution in [-0.2, 0) is 25.7 Å². The van der Waals surface area contributed by atoms with Gasteiger partial charge in [0, 0.05) is 23.5 Å². The first-order valence-corrected chi connectivity index (χ1v) is 10.0. The number of hydrogen-bond donors (Lipinski definition) is 0. The van der Waals surface area contributed by atoms with Gasteiger partial charge in [-0.15, -0.1) is 0 Å². The highest BCUT2D eigenvalue weighted by atomic mass is 16.5. The van der Waals surface area contributed by atoms with Crippen molar-refractivity contribution in [3.8, 4) is 0 Å². The van der Waals surface area contributed by atoms with Crippen molar-refractivity contribution in [3.63, 3.8) is 0 Å². The third-order valence-electron chi connectivity index (χ3n) is 6.14. The molecule has 0 radical (unpaired) electrons. The Bertz CT molecular complexity index is 801. The van der Waals surface area contributed by atoms with Crippen LogP contribution >= 0.6 is 0 Å². The Morgan fingerprint density at radius 2 is 1.71 bits per heavy atom. The van der Waals surface area contributed by atoms with Crippen LogP contribution in [0, 0.1) is 25.7 Å². The second kappa shape index (κ2) is 7.89. The Balaban J connectivity index is 1.64. The van der Waals surface area contributed by atoms with Crippen LogP contribution in [0.4, 0.5) is 0 Å². The quantitative estimate of drug-likeness (QED) is 0.424. The van der Waals surface area contributed by atoms with E-state index in [1.54, 1.807) is 6.07 Å². The smallest absolute Gasteiger partial charge is 0.329 e. The van der Waals surface area contributed by atoms with Crippen molar-refractivity contribution in [2.45, 2.75) is 66.0 Å². The van der Waals surface area contributed by atoms with Gasteiger partial charge in [0.15, 0.2) is 6.61 Å². The molecule has 3 atom stereocenters. The first kappa shape index (κ1) is 20.3. The SMILES string of the molecule is CCn1c(C)cc(C(=O)COC(=O)[C@H](C)N2C(=O)[C@@H]3CCCC[C@H]3C2=O)c1C. The number of fused-ring (bicyclic) bond motifs is 1. The number of amides is 2. The molecule has 0 N–H and O–H groups in total. The maximum atomic E-state index is 12.6. The second-order valence-corrected chi connectivity index (χ2v) is 7.78. The van der Waals surface area contributed by atoms with E-state index in [4.69, 9.17) is 4.74 Å². The average Bonchev–Trinajstić information content (AvgIpc) is 3.12. The molecule has 1 saturated heterocycles. The molecule has 0 unspecified atom stereocenters. The summed E-state index contributed by atoms with van der Waals surface area (Å²) >= 11 is 0. The predicted molar refractivity (Wildman–Crippen MR) is 102 cm³/mol. The fourth-order valence-corrected chi connectivity index (χ4v) is 4.58. The van der Waals surface area contributed by atoms with Crippen LogP contribution in [-0.4, -0.2) is 45.7 Å². The van der Waals surface area contributed by atoms with Gasteiger partial charge in [-0.3, -0.25) is 19.3 Å². The molecule has 2 heterocycles. The number of carbonyl (C=O) groups excluding carboxylic acids is 4. The van der Waals surface area contributed by atoms with Crippen molar-refractivity contribution in [2.24, 2.45) is 11.8 Å². The number of likely N-dealkylation sites (tertiary alicyclic amines) is 1. The lowest BCUT2D eigenvalue weighted by atomic mass is 9.81. The summed E-state index contributed by atoms with van der Waals surface area (Å²) in [6.07, 6.45) is 3.24. The van der Waals surface area contributed by atoms with Crippen LogP contribution in [0.1, 0.15) is 61.3 Å². The molecule has 0 spiro atoms. The number of imide groups is 1. The van der Waals surface area contributed by atoms with Crippen molar-refractivity contribution in [1.29, 1.82) is 0 Å².